The number of hydrogen-bond acceptors (Lipinski definition) is 6. The first kappa shape index (κ1) is 24.5. The van der Waals surface area contributed by atoms with E-state index < -0.39 is 0 Å². The zero-order chi connectivity index (χ0) is 24.6. The Morgan fingerprint density at radius 3 is 2.34 bits per heavy atom. The minimum absolute atomic E-state index is 0.242. The molecule has 0 saturated carbocycles. The summed E-state index contributed by atoms with van der Waals surface area (Å²) < 4.78 is 13.0. The van der Waals surface area contributed by atoms with Crippen molar-refractivity contribution in [2.45, 2.75) is 33.2 Å². The fraction of sp³-hybridized carbons (Fsp3) is 0.370. The van der Waals surface area contributed by atoms with E-state index in [-0.39, 0.29) is 12.7 Å². The van der Waals surface area contributed by atoms with Gasteiger partial charge in [0.25, 0.3) is 0 Å². The highest BCUT2D eigenvalue weighted by Gasteiger charge is 2.23. The average Bonchev–Trinajstić information content (AvgIpc) is 3.23. The van der Waals surface area contributed by atoms with Crippen LogP contribution < -0.4 is 0 Å². The highest BCUT2D eigenvalue weighted by atomic mass is 16.6. The molecule has 8 heteroatoms. The number of nitriles is 1. The Kier molecular flexibility index (Phi) is 8.14. The number of aromatic nitrogens is 2. The van der Waals surface area contributed by atoms with Gasteiger partial charge in [-0.2, -0.15) is 5.26 Å². The molecule has 1 aromatic heterocycles. The predicted octanol–water partition coefficient (Wildman–Crippen LogP) is 3.71. The molecule has 0 aliphatic carbocycles. The molecule has 8 nitrogen and oxygen atoms in total. The molecule has 4 rings (SSSR count). The van der Waals surface area contributed by atoms with Crippen molar-refractivity contribution in [2.24, 2.45) is 0 Å². The Labute approximate surface area is 206 Å². The summed E-state index contributed by atoms with van der Waals surface area (Å²) in [5.41, 5.74) is 4.92. The van der Waals surface area contributed by atoms with Gasteiger partial charge in [-0.1, -0.05) is 36.4 Å². The molecule has 3 aromatic rings. The van der Waals surface area contributed by atoms with Crippen LogP contribution in [0.15, 0.2) is 54.7 Å². The van der Waals surface area contributed by atoms with Gasteiger partial charge in [-0.15, -0.1) is 0 Å². The summed E-state index contributed by atoms with van der Waals surface area (Å²) in [5, 5.41) is 9.01. The molecule has 0 unspecified atom stereocenters. The Bertz CT molecular complexity index is 1170. The Balaban J connectivity index is 1.29. The number of piperazine rings is 1. The number of rotatable bonds is 8. The zero-order valence-electron chi connectivity index (χ0n) is 20.3. The van der Waals surface area contributed by atoms with E-state index >= 15 is 0 Å². The first-order valence-electron chi connectivity index (χ1n) is 11.8. The summed E-state index contributed by atoms with van der Waals surface area (Å²) in [4.78, 5) is 21.3. The SMILES string of the molecule is COCc1ccccc1COC(=O)N1CCN(Cc2cnc(C)n2Cc2ccc(C#N)cc2)CC1. The first-order valence-corrected chi connectivity index (χ1v) is 11.8. The lowest BCUT2D eigenvalue weighted by Crippen LogP contribution is -2.48. The number of aryl methyl sites for hydroxylation is 1. The van der Waals surface area contributed by atoms with E-state index in [1.54, 1.807) is 12.0 Å². The van der Waals surface area contributed by atoms with Crippen LogP contribution in [0.4, 0.5) is 4.79 Å². The lowest BCUT2D eigenvalue weighted by Gasteiger charge is -2.34. The highest BCUT2D eigenvalue weighted by molar-refractivity contribution is 5.67. The topological polar surface area (TPSA) is 83.6 Å². The van der Waals surface area contributed by atoms with E-state index in [9.17, 15) is 4.79 Å². The number of benzene rings is 2. The van der Waals surface area contributed by atoms with Crippen molar-refractivity contribution < 1.29 is 14.3 Å². The van der Waals surface area contributed by atoms with Gasteiger partial charge in [0.05, 0.1) is 23.9 Å². The fourth-order valence-electron chi connectivity index (χ4n) is 4.27. The first-order chi connectivity index (χ1) is 17.1. The molecule has 1 amide bonds. The van der Waals surface area contributed by atoms with E-state index in [2.05, 4.69) is 20.5 Å². The maximum atomic E-state index is 12.6. The molecule has 2 heterocycles. The summed E-state index contributed by atoms with van der Waals surface area (Å²) >= 11 is 0. The number of nitrogens with zero attached hydrogens (tertiary/aromatic N) is 5. The summed E-state index contributed by atoms with van der Waals surface area (Å²) in [6.07, 6.45) is 1.65. The molecule has 1 aliphatic rings. The molecule has 2 aromatic carbocycles. The standard InChI is InChI=1S/C27H31N5O3/c1-21-29-16-26(32(21)17-23-9-7-22(15-28)8-10-23)18-30-11-13-31(14-12-30)27(33)35-20-25-6-4-3-5-24(25)19-34-2/h3-10,16H,11-14,17-20H2,1-2H3. The number of carbonyl (C=O) groups is 1. The molecule has 0 atom stereocenters. The minimum Gasteiger partial charge on any atom is -0.445 e. The van der Waals surface area contributed by atoms with E-state index in [1.807, 2.05) is 61.7 Å². The number of ether oxygens (including phenoxy) is 2. The number of hydrogen-bond donors (Lipinski definition) is 0. The molecule has 1 fully saturated rings. The number of methoxy groups -OCH3 is 1. The normalized spacial score (nSPS) is 14.0. The Morgan fingerprint density at radius 2 is 1.69 bits per heavy atom. The second-order valence-electron chi connectivity index (χ2n) is 8.71. The summed E-state index contributed by atoms with van der Waals surface area (Å²) in [6, 6.07) is 17.7. The van der Waals surface area contributed by atoms with Gasteiger partial charge in [0.1, 0.15) is 12.4 Å². The van der Waals surface area contributed by atoms with Crippen LogP contribution in [0.3, 0.4) is 0 Å². The van der Waals surface area contributed by atoms with Crippen LogP contribution >= 0.6 is 0 Å². The van der Waals surface area contributed by atoms with E-state index in [4.69, 9.17) is 14.7 Å². The molecular formula is C27H31N5O3. The average molecular weight is 474 g/mol. The quantitative estimate of drug-likeness (QED) is 0.496. The van der Waals surface area contributed by atoms with E-state index in [0.29, 0.717) is 31.8 Å². The molecule has 1 saturated heterocycles. The van der Waals surface area contributed by atoms with Crippen molar-refractivity contribution in [3.63, 3.8) is 0 Å². The summed E-state index contributed by atoms with van der Waals surface area (Å²) in [5.74, 6) is 0.959. The molecule has 0 radical (unpaired) electrons. The van der Waals surface area contributed by atoms with Crippen molar-refractivity contribution in [3.05, 3.63) is 88.5 Å². The van der Waals surface area contributed by atoms with Gasteiger partial charge in [0, 0.05) is 52.6 Å². The summed E-state index contributed by atoms with van der Waals surface area (Å²) in [6.45, 7) is 7.02. The van der Waals surface area contributed by atoms with Gasteiger partial charge in [-0.3, -0.25) is 4.90 Å². The van der Waals surface area contributed by atoms with Crippen LogP contribution in [0, 0.1) is 18.3 Å². The Morgan fingerprint density at radius 1 is 1.00 bits per heavy atom. The highest BCUT2D eigenvalue weighted by Crippen LogP contribution is 2.16. The van der Waals surface area contributed by atoms with E-state index in [1.165, 1.54) is 0 Å². The monoisotopic (exact) mass is 473 g/mol. The third-order valence-electron chi connectivity index (χ3n) is 6.35. The molecule has 182 valence electrons. The zero-order valence-corrected chi connectivity index (χ0v) is 20.3. The predicted molar refractivity (Wildman–Crippen MR) is 131 cm³/mol. The minimum atomic E-state index is -0.279. The second kappa shape index (κ2) is 11.6. The molecule has 0 bridgehead atoms. The lowest BCUT2D eigenvalue weighted by molar-refractivity contribution is 0.0689. The lowest BCUT2D eigenvalue weighted by atomic mass is 10.1. The molecule has 0 spiro atoms. The van der Waals surface area contributed by atoms with Crippen LogP contribution in [-0.2, 0) is 35.8 Å². The van der Waals surface area contributed by atoms with Crippen molar-refractivity contribution in [2.75, 3.05) is 33.3 Å². The molecule has 35 heavy (non-hydrogen) atoms. The van der Waals surface area contributed by atoms with Gasteiger partial charge in [-0.25, -0.2) is 9.78 Å². The number of imidazole rings is 1. The summed E-state index contributed by atoms with van der Waals surface area (Å²) in [7, 11) is 1.66. The van der Waals surface area contributed by atoms with Crippen LogP contribution in [0.2, 0.25) is 0 Å². The molecular weight excluding hydrogens is 442 g/mol. The van der Waals surface area contributed by atoms with Crippen LogP contribution in [0.5, 0.6) is 0 Å². The van der Waals surface area contributed by atoms with Gasteiger partial charge >= 0.3 is 6.09 Å². The van der Waals surface area contributed by atoms with Crippen molar-refractivity contribution in [1.29, 1.82) is 5.26 Å². The van der Waals surface area contributed by atoms with Gasteiger partial charge in [-0.05, 0) is 35.7 Å². The third kappa shape index (κ3) is 6.27. The largest absolute Gasteiger partial charge is 0.445 e. The van der Waals surface area contributed by atoms with Gasteiger partial charge < -0.3 is 18.9 Å². The van der Waals surface area contributed by atoms with Crippen molar-refractivity contribution in [1.82, 2.24) is 19.4 Å². The fourth-order valence-corrected chi connectivity index (χ4v) is 4.27. The van der Waals surface area contributed by atoms with Crippen LogP contribution in [0.1, 0.15) is 33.8 Å². The van der Waals surface area contributed by atoms with Crippen molar-refractivity contribution >= 4 is 6.09 Å². The third-order valence-corrected chi connectivity index (χ3v) is 6.35. The second-order valence-corrected chi connectivity index (χ2v) is 8.71. The van der Waals surface area contributed by atoms with Gasteiger partial charge in [0.15, 0.2) is 0 Å². The van der Waals surface area contributed by atoms with Crippen molar-refractivity contribution in [3.8, 4) is 6.07 Å². The van der Waals surface area contributed by atoms with Gasteiger partial charge in [0.2, 0.25) is 0 Å². The Hall–Kier alpha value is -3.67. The number of amides is 1. The maximum Gasteiger partial charge on any atom is 0.410 e. The number of carbonyl (C=O) groups excluding carboxylic acids is 1. The van der Waals surface area contributed by atoms with Crippen LogP contribution in [-0.4, -0.2) is 58.7 Å². The maximum absolute atomic E-state index is 12.6. The smallest absolute Gasteiger partial charge is 0.410 e. The molecule has 0 N–H and O–H groups in total. The van der Waals surface area contributed by atoms with E-state index in [0.717, 1.165) is 47.8 Å². The molecule has 1 aliphatic heterocycles. The van der Waals surface area contributed by atoms with Crippen LogP contribution in [0.25, 0.3) is 0 Å².